The Morgan fingerprint density at radius 2 is 2.12 bits per heavy atom. The topological polar surface area (TPSA) is 70.2 Å². The summed E-state index contributed by atoms with van der Waals surface area (Å²) >= 11 is 5.81. The number of carboxylic acids is 1. The van der Waals surface area contributed by atoms with Crippen molar-refractivity contribution >= 4 is 28.5 Å². The van der Waals surface area contributed by atoms with Crippen molar-refractivity contribution in [2.24, 2.45) is 0 Å². The maximum absolute atomic E-state index is 11.7. The van der Waals surface area contributed by atoms with Crippen LogP contribution in [0.25, 0.3) is 10.9 Å². The summed E-state index contributed by atoms with van der Waals surface area (Å²) < 4.78 is 0. The second kappa shape index (κ2) is 4.59. The molecule has 1 aromatic heterocycles. The number of halogens is 1. The molecule has 1 aromatic carbocycles. The van der Waals surface area contributed by atoms with Crippen molar-refractivity contribution in [3.05, 3.63) is 45.2 Å². The molecule has 1 heterocycles. The van der Waals surface area contributed by atoms with Crippen molar-refractivity contribution in [1.82, 2.24) is 4.98 Å². The van der Waals surface area contributed by atoms with Gasteiger partial charge in [0.2, 0.25) is 0 Å². The van der Waals surface area contributed by atoms with Crippen LogP contribution in [0.5, 0.6) is 0 Å². The molecule has 0 saturated heterocycles. The average Bonchev–Trinajstić information content (AvgIpc) is 2.26. The lowest BCUT2D eigenvalue weighted by Gasteiger charge is -2.02. The molecular weight excluding hydrogens is 242 g/mol. The molecule has 0 aliphatic carbocycles. The predicted octanol–water partition coefficient (Wildman–Crippen LogP) is 2.20. The van der Waals surface area contributed by atoms with Crippen molar-refractivity contribution in [1.29, 1.82) is 0 Å². The summed E-state index contributed by atoms with van der Waals surface area (Å²) in [7, 11) is 0. The molecule has 0 bridgehead atoms. The zero-order valence-corrected chi connectivity index (χ0v) is 9.62. The highest BCUT2D eigenvalue weighted by atomic mass is 35.5. The number of hydrogen-bond acceptors (Lipinski definition) is 2. The van der Waals surface area contributed by atoms with Gasteiger partial charge in [-0.3, -0.25) is 9.59 Å². The molecule has 2 N–H and O–H groups in total. The second-order valence-electron chi connectivity index (χ2n) is 3.75. The smallest absolute Gasteiger partial charge is 0.303 e. The van der Waals surface area contributed by atoms with Crippen LogP contribution in [0.1, 0.15) is 12.0 Å². The lowest BCUT2D eigenvalue weighted by molar-refractivity contribution is -0.136. The first-order valence-corrected chi connectivity index (χ1v) is 5.47. The van der Waals surface area contributed by atoms with Crippen LogP contribution in [-0.2, 0) is 11.2 Å². The minimum atomic E-state index is -0.916. The predicted molar refractivity (Wildman–Crippen MR) is 65.5 cm³/mol. The molecule has 0 fully saturated rings. The van der Waals surface area contributed by atoms with E-state index in [1.807, 2.05) is 0 Å². The summed E-state index contributed by atoms with van der Waals surface area (Å²) in [5.74, 6) is -0.916. The Hall–Kier alpha value is -1.81. The first-order chi connectivity index (χ1) is 8.06. The van der Waals surface area contributed by atoms with E-state index in [-0.39, 0.29) is 18.4 Å². The maximum atomic E-state index is 11.7. The molecule has 0 atom stereocenters. The first-order valence-electron chi connectivity index (χ1n) is 5.09. The van der Waals surface area contributed by atoms with Crippen molar-refractivity contribution in [2.45, 2.75) is 12.8 Å². The van der Waals surface area contributed by atoms with Crippen molar-refractivity contribution < 1.29 is 9.90 Å². The lowest BCUT2D eigenvalue weighted by Crippen LogP contribution is -2.13. The van der Waals surface area contributed by atoms with Gasteiger partial charge in [0.05, 0.1) is 0 Å². The van der Waals surface area contributed by atoms with E-state index in [4.69, 9.17) is 16.7 Å². The zero-order valence-electron chi connectivity index (χ0n) is 8.87. The molecule has 0 saturated carbocycles. The number of benzene rings is 1. The van der Waals surface area contributed by atoms with E-state index in [0.717, 1.165) is 5.39 Å². The number of pyridine rings is 1. The van der Waals surface area contributed by atoms with Gasteiger partial charge in [-0.15, -0.1) is 0 Å². The molecule has 0 unspecified atom stereocenters. The number of carbonyl (C=O) groups is 1. The van der Waals surface area contributed by atoms with Crippen LogP contribution < -0.4 is 5.56 Å². The Labute approximate surface area is 102 Å². The molecule has 0 aliphatic heterocycles. The van der Waals surface area contributed by atoms with Crippen molar-refractivity contribution in [3.8, 4) is 0 Å². The third-order valence-corrected chi connectivity index (χ3v) is 2.73. The van der Waals surface area contributed by atoms with Crippen LogP contribution in [0.15, 0.2) is 29.1 Å². The quantitative estimate of drug-likeness (QED) is 0.879. The van der Waals surface area contributed by atoms with Crippen LogP contribution >= 0.6 is 11.6 Å². The van der Waals surface area contributed by atoms with E-state index in [0.29, 0.717) is 16.1 Å². The largest absolute Gasteiger partial charge is 0.481 e. The lowest BCUT2D eigenvalue weighted by atomic mass is 10.1. The van der Waals surface area contributed by atoms with Crippen LogP contribution in [0.3, 0.4) is 0 Å². The Bertz CT molecular complexity index is 633. The van der Waals surface area contributed by atoms with Crippen molar-refractivity contribution in [3.63, 3.8) is 0 Å². The number of aromatic nitrogens is 1. The molecule has 17 heavy (non-hydrogen) atoms. The Morgan fingerprint density at radius 3 is 2.82 bits per heavy atom. The minimum absolute atomic E-state index is 0.0534. The number of nitrogens with one attached hydrogen (secondary N) is 1. The second-order valence-corrected chi connectivity index (χ2v) is 4.19. The van der Waals surface area contributed by atoms with Gasteiger partial charge in [-0.25, -0.2) is 0 Å². The average molecular weight is 252 g/mol. The third kappa shape index (κ3) is 2.65. The maximum Gasteiger partial charge on any atom is 0.303 e. The fourth-order valence-electron chi connectivity index (χ4n) is 1.65. The number of carboxylic acid groups (broad SMARTS) is 1. The van der Waals surface area contributed by atoms with Gasteiger partial charge in [-0.1, -0.05) is 17.7 Å². The van der Waals surface area contributed by atoms with Gasteiger partial charge in [-0.05, 0) is 30.0 Å². The molecule has 88 valence electrons. The normalized spacial score (nSPS) is 10.6. The van der Waals surface area contributed by atoms with E-state index >= 15 is 0 Å². The first kappa shape index (κ1) is 11.7. The molecule has 0 radical (unpaired) electrons. The highest BCUT2D eigenvalue weighted by Gasteiger charge is 2.05. The van der Waals surface area contributed by atoms with Gasteiger partial charge in [0, 0.05) is 22.5 Å². The van der Waals surface area contributed by atoms with E-state index in [1.54, 1.807) is 24.3 Å². The zero-order chi connectivity index (χ0) is 12.4. The molecule has 4 nitrogen and oxygen atoms in total. The number of aromatic amines is 1. The fraction of sp³-hybridized carbons (Fsp3) is 0.167. The highest BCUT2D eigenvalue weighted by molar-refractivity contribution is 6.31. The van der Waals surface area contributed by atoms with E-state index in [2.05, 4.69) is 4.98 Å². The Morgan fingerprint density at radius 1 is 1.35 bits per heavy atom. The van der Waals surface area contributed by atoms with Crippen LogP contribution in [0.2, 0.25) is 5.02 Å². The van der Waals surface area contributed by atoms with E-state index in [9.17, 15) is 9.59 Å². The van der Waals surface area contributed by atoms with Gasteiger partial charge in [0.25, 0.3) is 5.56 Å². The van der Waals surface area contributed by atoms with Gasteiger partial charge in [0.1, 0.15) is 0 Å². The fourth-order valence-corrected chi connectivity index (χ4v) is 1.82. The SMILES string of the molecule is O=C(O)CCc1cc2ccc(Cl)cc2[nH]c1=O. The number of hydrogen-bond donors (Lipinski definition) is 2. The number of aryl methyl sites for hydroxylation is 1. The monoisotopic (exact) mass is 251 g/mol. The summed E-state index contributed by atoms with van der Waals surface area (Å²) in [5, 5.41) is 9.98. The summed E-state index contributed by atoms with van der Waals surface area (Å²) in [4.78, 5) is 24.8. The number of H-pyrrole nitrogens is 1. The van der Waals surface area contributed by atoms with Crippen molar-refractivity contribution in [2.75, 3.05) is 0 Å². The molecule has 2 rings (SSSR count). The third-order valence-electron chi connectivity index (χ3n) is 2.49. The summed E-state index contributed by atoms with van der Waals surface area (Å²) in [5.41, 5.74) is 0.866. The van der Waals surface area contributed by atoms with Gasteiger partial charge < -0.3 is 10.1 Å². The van der Waals surface area contributed by atoms with E-state index < -0.39 is 5.97 Å². The Kier molecular flexibility index (Phi) is 3.15. The van der Waals surface area contributed by atoms with Crippen LogP contribution in [0.4, 0.5) is 0 Å². The molecule has 2 aromatic rings. The molecule has 5 heteroatoms. The summed E-state index contributed by atoms with van der Waals surface area (Å²) in [6.07, 6.45) is 0.172. The standard InChI is InChI=1S/C12H10ClNO3/c13-9-3-1-7-5-8(2-4-11(15)16)12(17)14-10(7)6-9/h1,3,5-6H,2,4H2,(H,14,17)(H,15,16). The van der Waals surface area contributed by atoms with Gasteiger partial charge >= 0.3 is 5.97 Å². The Balaban J connectivity index is 2.45. The number of fused-ring (bicyclic) bond motifs is 1. The molecule has 0 amide bonds. The van der Waals surface area contributed by atoms with Crippen LogP contribution in [-0.4, -0.2) is 16.1 Å². The number of rotatable bonds is 3. The molecule has 0 aliphatic rings. The summed E-state index contributed by atoms with van der Waals surface area (Å²) in [6, 6.07) is 6.88. The minimum Gasteiger partial charge on any atom is -0.481 e. The van der Waals surface area contributed by atoms with Gasteiger partial charge in [-0.2, -0.15) is 0 Å². The van der Waals surface area contributed by atoms with Crippen LogP contribution in [0, 0.1) is 0 Å². The number of aliphatic carboxylic acids is 1. The molecular formula is C12H10ClNO3. The van der Waals surface area contributed by atoms with E-state index in [1.165, 1.54) is 0 Å². The highest BCUT2D eigenvalue weighted by Crippen LogP contribution is 2.17. The summed E-state index contributed by atoms with van der Waals surface area (Å²) in [6.45, 7) is 0. The van der Waals surface area contributed by atoms with Gasteiger partial charge in [0.15, 0.2) is 0 Å². The molecule has 0 spiro atoms.